The molecule has 1 aliphatic rings. The summed E-state index contributed by atoms with van der Waals surface area (Å²) in [5.41, 5.74) is 5.82. The third-order valence-corrected chi connectivity index (χ3v) is 8.74. The van der Waals surface area contributed by atoms with Gasteiger partial charge in [-0.15, -0.1) is 0 Å². The van der Waals surface area contributed by atoms with E-state index in [9.17, 15) is 13.2 Å². The predicted octanol–water partition coefficient (Wildman–Crippen LogP) is 4.88. The Kier molecular flexibility index (Phi) is 6.99. The molecule has 0 spiro atoms. The summed E-state index contributed by atoms with van der Waals surface area (Å²) in [5.74, 6) is -0.0253. The third kappa shape index (κ3) is 5.38. The van der Waals surface area contributed by atoms with Crippen molar-refractivity contribution in [3.05, 3.63) is 101 Å². The maximum absolute atomic E-state index is 13.6. The Balaban J connectivity index is 1.35. The van der Waals surface area contributed by atoms with E-state index in [-0.39, 0.29) is 23.1 Å². The Morgan fingerprint density at radius 2 is 1.57 bits per heavy atom. The minimum Gasteiger partial charge on any atom is -0.351 e. The average molecular weight is 531 g/mol. The summed E-state index contributed by atoms with van der Waals surface area (Å²) in [6, 6.07) is 23.1. The van der Waals surface area contributed by atoms with Crippen molar-refractivity contribution in [2.45, 2.75) is 37.0 Å². The number of rotatable bonds is 7. The molecule has 37 heavy (non-hydrogen) atoms. The first kappa shape index (κ1) is 25.0. The normalized spacial score (nSPS) is 13.5. The fourth-order valence-electron chi connectivity index (χ4n) is 4.06. The summed E-state index contributed by atoms with van der Waals surface area (Å²) in [6.07, 6.45) is 1.35. The Morgan fingerprint density at radius 3 is 2.27 bits per heavy atom. The zero-order chi connectivity index (χ0) is 26.0. The molecular weight excluding hydrogens is 504 g/mol. The highest BCUT2D eigenvalue weighted by Crippen LogP contribution is 2.42. The minimum absolute atomic E-state index is 0.0616. The molecule has 1 aromatic heterocycles. The number of carbonyl (C=O) groups is 1. The summed E-state index contributed by atoms with van der Waals surface area (Å²) >= 11 is 1.18. The van der Waals surface area contributed by atoms with Crippen LogP contribution in [-0.4, -0.2) is 30.0 Å². The van der Waals surface area contributed by atoms with Crippen molar-refractivity contribution in [3.63, 3.8) is 0 Å². The molecule has 0 atom stereocenters. The van der Waals surface area contributed by atoms with Gasteiger partial charge in [0.05, 0.1) is 29.9 Å². The minimum atomic E-state index is -3.88. The third-order valence-electron chi connectivity index (χ3n) is 6.12. The Bertz CT molecular complexity index is 1550. The van der Waals surface area contributed by atoms with E-state index in [1.54, 1.807) is 6.07 Å². The average Bonchev–Trinajstić information content (AvgIpc) is 2.90. The number of nitrogens with one attached hydrogen (secondary N) is 1. The van der Waals surface area contributed by atoms with Crippen molar-refractivity contribution >= 4 is 33.4 Å². The van der Waals surface area contributed by atoms with Crippen molar-refractivity contribution in [1.29, 1.82) is 0 Å². The molecule has 1 amide bonds. The lowest BCUT2D eigenvalue weighted by molar-refractivity contribution is -0.118. The van der Waals surface area contributed by atoms with E-state index in [1.165, 1.54) is 22.3 Å². The second-order valence-electron chi connectivity index (χ2n) is 8.93. The topological polar surface area (TPSA) is 92.3 Å². The van der Waals surface area contributed by atoms with E-state index in [0.29, 0.717) is 28.6 Å². The van der Waals surface area contributed by atoms with Gasteiger partial charge in [0.1, 0.15) is 4.90 Å². The van der Waals surface area contributed by atoms with Crippen molar-refractivity contribution in [1.82, 2.24) is 15.3 Å². The van der Waals surface area contributed by atoms with Crippen LogP contribution in [0.25, 0.3) is 11.3 Å². The molecule has 0 bridgehead atoms. The van der Waals surface area contributed by atoms with Gasteiger partial charge in [0, 0.05) is 12.1 Å². The Labute approximate surface area is 221 Å². The first-order chi connectivity index (χ1) is 17.8. The van der Waals surface area contributed by atoms with Gasteiger partial charge >= 0.3 is 0 Å². The van der Waals surface area contributed by atoms with Gasteiger partial charge in [0.15, 0.2) is 5.16 Å². The van der Waals surface area contributed by atoms with E-state index >= 15 is 0 Å². The molecule has 9 heteroatoms. The van der Waals surface area contributed by atoms with Crippen LogP contribution in [0.3, 0.4) is 0 Å². The molecule has 5 rings (SSSR count). The number of amides is 1. The summed E-state index contributed by atoms with van der Waals surface area (Å²) in [5, 5.41) is 3.24. The molecule has 188 valence electrons. The number of aryl methyl sites for hydroxylation is 2. The van der Waals surface area contributed by atoms with E-state index in [2.05, 4.69) is 15.3 Å². The van der Waals surface area contributed by atoms with Gasteiger partial charge in [-0.05, 0) is 31.0 Å². The number of anilines is 1. The first-order valence-corrected chi connectivity index (χ1v) is 14.2. The number of aromatic nitrogens is 2. The highest BCUT2D eigenvalue weighted by molar-refractivity contribution is 7.99. The molecule has 2 heterocycles. The van der Waals surface area contributed by atoms with Crippen LogP contribution in [0, 0.1) is 13.8 Å². The van der Waals surface area contributed by atoms with Crippen molar-refractivity contribution < 1.29 is 13.2 Å². The largest absolute Gasteiger partial charge is 0.351 e. The highest BCUT2D eigenvalue weighted by Gasteiger charge is 2.36. The smallest absolute Gasteiger partial charge is 0.268 e. The summed E-state index contributed by atoms with van der Waals surface area (Å²) in [7, 11) is -3.88. The summed E-state index contributed by atoms with van der Waals surface area (Å²) in [6.45, 7) is 4.65. The lowest BCUT2D eigenvalue weighted by Crippen LogP contribution is -2.34. The van der Waals surface area contributed by atoms with Crippen LogP contribution in [-0.2, 0) is 27.9 Å². The molecule has 0 saturated heterocycles. The van der Waals surface area contributed by atoms with Gasteiger partial charge in [-0.1, -0.05) is 89.6 Å². The van der Waals surface area contributed by atoms with Crippen molar-refractivity contribution in [3.8, 4) is 11.3 Å². The molecule has 1 aliphatic heterocycles. The molecule has 0 saturated carbocycles. The second kappa shape index (κ2) is 10.4. The molecule has 0 radical (unpaired) electrons. The highest BCUT2D eigenvalue weighted by atomic mass is 32.2. The number of hydrogen-bond donors (Lipinski definition) is 1. The quantitative estimate of drug-likeness (QED) is 0.271. The van der Waals surface area contributed by atoms with Gasteiger partial charge in [0.25, 0.3) is 10.0 Å². The van der Waals surface area contributed by atoms with Crippen molar-refractivity contribution in [2.24, 2.45) is 0 Å². The molecular formula is C28H26N4O3S2. The lowest BCUT2D eigenvalue weighted by atomic mass is 10.1. The standard InChI is InChI=1S/C28H26N4O3S2/c1-19-7-11-21(12-8-19)15-29-26(33)18-36-28-30-16-25-27(31-28)23-5-3-4-6-24(23)32(37(25,34)35)17-22-13-9-20(2)10-14-22/h3-14,16H,15,17-18H2,1-2H3,(H,29,33). The van der Waals surface area contributed by atoms with E-state index < -0.39 is 10.0 Å². The number of hydrogen-bond acceptors (Lipinski definition) is 6. The predicted molar refractivity (Wildman–Crippen MR) is 146 cm³/mol. The SMILES string of the molecule is Cc1ccc(CNC(=O)CSc2ncc3c(n2)-c2ccccc2N(Cc2ccc(C)cc2)S3(=O)=O)cc1. The van der Waals surface area contributed by atoms with Crippen LogP contribution in [0.2, 0.25) is 0 Å². The first-order valence-electron chi connectivity index (χ1n) is 11.8. The van der Waals surface area contributed by atoms with Crippen LogP contribution < -0.4 is 9.62 Å². The Morgan fingerprint density at radius 1 is 0.919 bits per heavy atom. The van der Waals surface area contributed by atoms with Gasteiger partial charge < -0.3 is 5.32 Å². The van der Waals surface area contributed by atoms with E-state index in [0.717, 1.165) is 22.3 Å². The summed E-state index contributed by atoms with van der Waals surface area (Å²) in [4.78, 5) is 21.3. The second-order valence-corrected chi connectivity index (χ2v) is 11.7. The maximum atomic E-state index is 13.6. The van der Waals surface area contributed by atoms with E-state index in [1.807, 2.05) is 80.6 Å². The molecule has 4 aromatic rings. The number of carbonyl (C=O) groups excluding carboxylic acids is 1. The van der Waals surface area contributed by atoms with Crippen LogP contribution in [0.15, 0.2) is 89.0 Å². The fraction of sp³-hybridized carbons (Fsp3) is 0.179. The number of fused-ring (bicyclic) bond motifs is 3. The number of sulfonamides is 1. The van der Waals surface area contributed by atoms with Crippen LogP contribution in [0.5, 0.6) is 0 Å². The zero-order valence-corrected chi connectivity index (χ0v) is 22.1. The zero-order valence-electron chi connectivity index (χ0n) is 20.5. The van der Waals surface area contributed by atoms with Gasteiger partial charge in [-0.25, -0.2) is 18.4 Å². The van der Waals surface area contributed by atoms with Crippen LogP contribution >= 0.6 is 11.8 Å². The van der Waals surface area contributed by atoms with Crippen molar-refractivity contribution in [2.75, 3.05) is 10.1 Å². The molecule has 1 N–H and O–H groups in total. The number of benzene rings is 3. The monoisotopic (exact) mass is 530 g/mol. The van der Waals surface area contributed by atoms with Gasteiger partial charge in [0.2, 0.25) is 5.91 Å². The fourth-order valence-corrected chi connectivity index (χ4v) is 6.27. The summed E-state index contributed by atoms with van der Waals surface area (Å²) < 4.78 is 28.7. The molecule has 3 aromatic carbocycles. The lowest BCUT2D eigenvalue weighted by Gasteiger charge is -2.31. The van der Waals surface area contributed by atoms with E-state index in [4.69, 9.17) is 0 Å². The van der Waals surface area contributed by atoms with Crippen LogP contribution in [0.1, 0.15) is 22.3 Å². The molecule has 7 nitrogen and oxygen atoms in total. The Hall–Kier alpha value is -3.69. The van der Waals surface area contributed by atoms with Gasteiger partial charge in [-0.3, -0.25) is 9.10 Å². The number of para-hydroxylation sites is 1. The molecule has 0 fully saturated rings. The molecule has 0 unspecified atom stereocenters. The maximum Gasteiger partial charge on any atom is 0.268 e. The number of nitrogens with zero attached hydrogens (tertiary/aromatic N) is 3. The van der Waals surface area contributed by atoms with Gasteiger partial charge in [-0.2, -0.15) is 0 Å². The van der Waals surface area contributed by atoms with Crippen LogP contribution in [0.4, 0.5) is 5.69 Å². The number of thioether (sulfide) groups is 1. The molecule has 0 aliphatic carbocycles.